The highest BCUT2D eigenvalue weighted by Gasteiger charge is 2.46. The topological polar surface area (TPSA) is 39.7 Å². The minimum Gasteiger partial charge on any atom is -0.251 e. The standard InChI is InChI=1S/C26H22N4/c1-5-13-21(14-6-1)25-27-28-29-30(25)26(22-15-7-2-8-16-22,23-17-9-3-10-18-23)24-19-11-4-12-20-24/h1-20,28-29H. The number of rotatable bonds is 5. The van der Waals surface area contributed by atoms with E-state index >= 15 is 0 Å². The summed E-state index contributed by atoms with van der Waals surface area (Å²) in [6, 6.07) is 41.9. The predicted molar refractivity (Wildman–Crippen MR) is 120 cm³/mol. The maximum atomic E-state index is 4.61. The Morgan fingerprint density at radius 3 is 1.37 bits per heavy atom. The second-order valence-corrected chi connectivity index (χ2v) is 7.17. The van der Waals surface area contributed by atoms with Crippen LogP contribution in [0.4, 0.5) is 0 Å². The molecule has 0 aromatic heterocycles. The molecule has 1 heterocycles. The van der Waals surface area contributed by atoms with Crippen molar-refractivity contribution in [3.63, 3.8) is 0 Å². The van der Waals surface area contributed by atoms with E-state index in [1.54, 1.807) is 0 Å². The van der Waals surface area contributed by atoms with E-state index in [-0.39, 0.29) is 0 Å². The third-order valence-corrected chi connectivity index (χ3v) is 5.48. The van der Waals surface area contributed by atoms with E-state index in [4.69, 9.17) is 0 Å². The van der Waals surface area contributed by atoms with Gasteiger partial charge in [-0.05, 0) is 16.7 Å². The van der Waals surface area contributed by atoms with Crippen molar-refractivity contribution in [3.8, 4) is 0 Å². The van der Waals surface area contributed by atoms with Crippen LogP contribution >= 0.6 is 0 Å². The fraction of sp³-hybridized carbons (Fsp3) is 0.0385. The van der Waals surface area contributed by atoms with Crippen LogP contribution in [0.15, 0.2) is 126 Å². The molecular formula is C26H22N4. The van der Waals surface area contributed by atoms with Gasteiger partial charge in [0.25, 0.3) is 0 Å². The Bertz CT molecular complexity index is 1030. The molecule has 1 aliphatic heterocycles. The molecule has 4 aromatic rings. The molecule has 4 aromatic carbocycles. The molecule has 0 saturated heterocycles. The molecule has 0 spiro atoms. The molecule has 0 unspecified atom stereocenters. The molecule has 30 heavy (non-hydrogen) atoms. The van der Waals surface area contributed by atoms with Crippen LogP contribution < -0.4 is 11.1 Å². The fourth-order valence-electron chi connectivity index (χ4n) is 4.18. The quantitative estimate of drug-likeness (QED) is 0.487. The first-order valence-corrected chi connectivity index (χ1v) is 10.0. The SMILES string of the molecule is c1ccc(C2=NNNN2C(c2ccccc2)(c2ccccc2)c2ccccc2)cc1. The van der Waals surface area contributed by atoms with Gasteiger partial charge in [-0.3, -0.25) is 5.01 Å². The van der Waals surface area contributed by atoms with Gasteiger partial charge in [-0.25, -0.2) is 5.53 Å². The second-order valence-electron chi connectivity index (χ2n) is 7.17. The van der Waals surface area contributed by atoms with E-state index in [9.17, 15) is 0 Å². The zero-order valence-electron chi connectivity index (χ0n) is 16.4. The predicted octanol–water partition coefficient (Wildman–Crippen LogP) is 4.67. The summed E-state index contributed by atoms with van der Waals surface area (Å²) in [6.07, 6.45) is 0. The van der Waals surface area contributed by atoms with E-state index in [0.717, 1.165) is 28.1 Å². The number of amidine groups is 1. The van der Waals surface area contributed by atoms with E-state index in [1.807, 2.05) is 36.4 Å². The summed E-state index contributed by atoms with van der Waals surface area (Å²) < 4.78 is 0. The van der Waals surface area contributed by atoms with Gasteiger partial charge in [-0.2, -0.15) is 0 Å². The van der Waals surface area contributed by atoms with Crippen LogP contribution in [-0.2, 0) is 5.54 Å². The molecule has 0 bridgehead atoms. The molecule has 1 aliphatic rings. The third-order valence-electron chi connectivity index (χ3n) is 5.48. The number of hydrogen-bond donors (Lipinski definition) is 2. The summed E-state index contributed by atoms with van der Waals surface area (Å²) in [5.74, 6) is 0.826. The molecule has 0 fully saturated rings. The summed E-state index contributed by atoms with van der Waals surface area (Å²) in [7, 11) is 0. The lowest BCUT2D eigenvalue weighted by Crippen LogP contribution is -2.56. The molecule has 0 aliphatic carbocycles. The summed E-state index contributed by atoms with van der Waals surface area (Å²) in [6.45, 7) is 0. The minimum absolute atomic E-state index is 0.637. The lowest BCUT2D eigenvalue weighted by atomic mass is 9.76. The Morgan fingerprint density at radius 2 is 0.933 bits per heavy atom. The van der Waals surface area contributed by atoms with Gasteiger partial charge in [-0.15, -0.1) is 10.6 Å². The largest absolute Gasteiger partial charge is 0.251 e. The number of nitrogens with one attached hydrogen (secondary N) is 2. The van der Waals surface area contributed by atoms with Crippen molar-refractivity contribution in [2.75, 3.05) is 0 Å². The van der Waals surface area contributed by atoms with Crippen LogP contribution in [0.1, 0.15) is 22.3 Å². The smallest absolute Gasteiger partial charge is 0.174 e. The van der Waals surface area contributed by atoms with E-state index < -0.39 is 5.54 Å². The molecule has 0 atom stereocenters. The zero-order valence-corrected chi connectivity index (χ0v) is 16.4. The summed E-state index contributed by atoms with van der Waals surface area (Å²) in [5.41, 5.74) is 10.1. The van der Waals surface area contributed by atoms with Gasteiger partial charge in [0.05, 0.1) is 0 Å². The van der Waals surface area contributed by atoms with Gasteiger partial charge in [0.1, 0.15) is 5.54 Å². The normalized spacial score (nSPS) is 13.6. The first-order valence-electron chi connectivity index (χ1n) is 10.0. The maximum absolute atomic E-state index is 4.61. The van der Waals surface area contributed by atoms with Crippen molar-refractivity contribution in [2.45, 2.75) is 5.54 Å². The highest BCUT2D eigenvalue weighted by atomic mass is 15.8. The van der Waals surface area contributed by atoms with Gasteiger partial charge >= 0.3 is 0 Å². The van der Waals surface area contributed by atoms with Crippen molar-refractivity contribution >= 4 is 5.84 Å². The summed E-state index contributed by atoms with van der Waals surface area (Å²) in [4.78, 5) is 0. The fourth-order valence-corrected chi connectivity index (χ4v) is 4.18. The molecule has 2 N–H and O–H groups in total. The molecule has 5 rings (SSSR count). The highest BCUT2D eigenvalue weighted by Crippen LogP contribution is 2.42. The lowest BCUT2D eigenvalue weighted by molar-refractivity contribution is 0.183. The Hall–Kier alpha value is -3.89. The van der Waals surface area contributed by atoms with Gasteiger partial charge in [0, 0.05) is 5.56 Å². The van der Waals surface area contributed by atoms with Gasteiger partial charge < -0.3 is 0 Å². The van der Waals surface area contributed by atoms with Crippen LogP contribution in [0.5, 0.6) is 0 Å². The van der Waals surface area contributed by atoms with E-state index in [2.05, 4.69) is 106 Å². The first kappa shape index (κ1) is 18.2. The van der Waals surface area contributed by atoms with Gasteiger partial charge in [0.2, 0.25) is 0 Å². The molecule has 0 saturated carbocycles. The Kier molecular flexibility index (Phi) is 4.75. The van der Waals surface area contributed by atoms with Crippen LogP contribution in [0.2, 0.25) is 0 Å². The van der Waals surface area contributed by atoms with E-state index in [0.29, 0.717) is 0 Å². The van der Waals surface area contributed by atoms with Crippen LogP contribution in [0.3, 0.4) is 0 Å². The van der Waals surface area contributed by atoms with Crippen molar-refractivity contribution in [1.82, 2.24) is 16.1 Å². The molecule has 0 amide bonds. The number of hydrazine groups is 2. The zero-order chi connectivity index (χ0) is 20.2. The Balaban J connectivity index is 1.82. The van der Waals surface area contributed by atoms with Crippen molar-refractivity contribution in [1.29, 1.82) is 0 Å². The number of hydrazone groups is 1. The van der Waals surface area contributed by atoms with E-state index in [1.165, 1.54) is 0 Å². The molecule has 146 valence electrons. The van der Waals surface area contributed by atoms with Crippen molar-refractivity contribution < 1.29 is 0 Å². The van der Waals surface area contributed by atoms with Crippen LogP contribution in [0.25, 0.3) is 0 Å². The third kappa shape index (κ3) is 2.95. The van der Waals surface area contributed by atoms with Crippen molar-refractivity contribution in [2.24, 2.45) is 5.10 Å². The summed E-state index contributed by atoms with van der Waals surface area (Å²) >= 11 is 0. The first-order chi connectivity index (χ1) is 14.9. The molecule has 4 heteroatoms. The summed E-state index contributed by atoms with van der Waals surface area (Å²) in [5, 5.41) is 6.74. The monoisotopic (exact) mass is 390 g/mol. The van der Waals surface area contributed by atoms with Gasteiger partial charge in [0.15, 0.2) is 5.84 Å². The molecule has 0 radical (unpaired) electrons. The maximum Gasteiger partial charge on any atom is 0.174 e. The number of nitrogens with zero attached hydrogens (tertiary/aromatic N) is 2. The number of benzene rings is 4. The van der Waals surface area contributed by atoms with Crippen molar-refractivity contribution in [3.05, 3.63) is 144 Å². The molecular weight excluding hydrogens is 368 g/mol. The average molecular weight is 390 g/mol. The Morgan fingerprint density at radius 1 is 0.533 bits per heavy atom. The average Bonchev–Trinajstić information content (AvgIpc) is 3.33. The Labute approximate surface area is 176 Å². The lowest BCUT2D eigenvalue weighted by Gasteiger charge is -2.43. The van der Waals surface area contributed by atoms with Crippen LogP contribution in [0, 0.1) is 0 Å². The second kappa shape index (κ2) is 7.85. The van der Waals surface area contributed by atoms with Crippen LogP contribution in [-0.4, -0.2) is 10.8 Å². The number of hydrogen-bond acceptors (Lipinski definition) is 4. The molecule has 4 nitrogen and oxygen atoms in total. The highest BCUT2D eigenvalue weighted by molar-refractivity contribution is 6.00. The van der Waals surface area contributed by atoms with Gasteiger partial charge in [-0.1, -0.05) is 121 Å². The minimum atomic E-state index is -0.637.